The molecule has 1 unspecified atom stereocenters. The van der Waals surface area contributed by atoms with Crippen molar-refractivity contribution in [2.45, 2.75) is 49.4 Å². The molecule has 0 spiro atoms. The van der Waals surface area contributed by atoms with Gasteiger partial charge in [-0.2, -0.15) is 13.2 Å². The van der Waals surface area contributed by atoms with Gasteiger partial charge in [-0.3, -0.25) is 4.79 Å². The highest BCUT2D eigenvalue weighted by Crippen LogP contribution is 2.45. The fourth-order valence-electron chi connectivity index (χ4n) is 3.42. The van der Waals surface area contributed by atoms with Gasteiger partial charge in [-0.25, -0.2) is 18.7 Å². The first-order valence-electron chi connectivity index (χ1n) is 9.08. The Hall–Kier alpha value is -2.04. The monoisotopic (exact) mass is 483 g/mol. The first-order chi connectivity index (χ1) is 14.3. The second-order valence-corrected chi connectivity index (χ2v) is 8.00. The maximum Gasteiger partial charge on any atom is 0.433 e. The normalized spacial score (nSPS) is 19.0. The third-order valence-electron chi connectivity index (χ3n) is 5.14. The summed E-state index contributed by atoms with van der Waals surface area (Å²) in [7, 11) is 0. The lowest BCUT2D eigenvalue weighted by molar-refractivity contribution is -0.141. The molecule has 5 nitrogen and oxygen atoms in total. The van der Waals surface area contributed by atoms with Crippen LogP contribution in [0.2, 0.25) is 10.3 Å². The van der Waals surface area contributed by atoms with Crippen LogP contribution >= 0.6 is 23.2 Å². The zero-order valence-corrected chi connectivity index (χ0v) is 17.2. The zero-order chi connectivity index (χ0) is 23.0. The number of nitrogens with zero attached hydrogens (tertiary/aromatic N) is 2. The van der Waals surface area contributed by atoms with Crippen LogP contribution in [0.1, 0.15) is 53.3 Å². The van der Waals surface area contributed by atoms with Crippen molar-refractivity contribution in [1.29, 1.82) is 0 Å². The van der Waals surface area contributed by atoms with E-state index in [1.165, 1.54) is 18.3 Å². The molecular formula is C19H16Cl2F5N3O2. The number of hydrogen-bond acceptors (Lipinski definition) is 4. The molecule has 3 rings (SSSR count). The molecule has 168 valence electrons. The van der Waals surface area contributed by atoms with E-state index in [-0.39, 0.29) is 29.1 Å². The lowest BCUT2D eigenvalue weighted by Gasteiger charge is -2.42. The molecule has 0 radical (unpaired) electrons. The molecule has 1 aliphatic rings. The van der Waals surface area contributed by atoms with Gasteiger partial charge in [0, 0.05) is 24.6 Å². The van der Waals surface area contributed by atoms with E-state index >= 15 is 0 Å². The molecule has 1 saturated carbocycles. The molecular weight excluding hydrogens is 468 g/mol. The van der Waals surface area contributed by atoms with Crippen molar-refractivity contribution < 1.29 is 31.9 Å². The Labute approximate surface area is 183 Å². The van der Waals surface area contributed by atoms with Crippen molar-refractivity contribution in [3.63, 3.8) is 0 Å². The van der Waals surface area contributed by atoms with E-state index in [1.54, 1.807) is 0 Å². The van der Waals surface area contributed by atoms with Crippen LogP contribution in [0.25, 0.3) is 0 Å². The Morgan fingerprint density at radius 2 is 1.74 bits per heavy atom. The fourth-order valence-corrected chi connectivity index (χ4v) is 3.89. The van der Waals surface area contributed by atoms with Crippen LogP contribution in [0, 0.1) is 0 Å². The summed E-state index contributed by atoms with van der Waals surface area (Å²) in [6.07, 6.45) is -5.33. The number of alkyl halides is 5. The van der Waals surface area contributed by atoms with Gasteiger partial charge in [0.2, 0.25) is 5.92 Å². The van der Waals surface area contributed by atoms with Crippen molar-refractivity contribution in [2.75, 3.05) is 0 Å². The van der Waals surface area contributed by atoms with E-state index < -0.39 is 53.3 Å². The molecule has 2 aromatic rings. The van der Waals surface area contributed by atoms with Gasteiger partial charge in [0.15, 0.2) is 0 Å². The second-order valence-electron chi connectivity index (χ2n) is 7.28. The first-order valence-corrected chi connectivity index (χ1v) is 9.83. The molecule has 1 aliphatic carbocycles. The third-order valence-corrected chi connectivity index (χ3v) is 5.75. The lowest BCUT2D eigenvalue weighted by Crippen LogP contribution is -2.50. The SMILES string of the molecule is O=C(NC(c1cccnc1Cl)C1(O)CCC(F)(F)CC1)c1ccc(C(F)(F)F)nc1Cl. The second kappa shape index (κ2) is 8.48. The van der Waals surface area contributed by atoms with E-state index in [4.69, 9.17) is 23.2 Å². The highest BCUT2D eigenvalue weighted by molar-refractivity contribution is 6.32. The van der Waals surface area contributed by atoms with E-state index in [1.807, 2.05) is 0 Å². The maximum atomic E-state index is 13.7. The summed E-state index contributed by atoms with van der Waals surface area (Å²) >= 11 is 11.9. The summed E-state index contributed by atoms with van der Waals surface area (Å²) < 4.78 is 65.7. The lowest BCUT2D eigenvalue weighted by atomic mass is 9.75. The van der Waals surface area contributed by atoms with E-state index in [9.17, 15) is 31.9 Å². The average molecular weight is 484 g/mol. The molecule has 31 heavy (non-hydrogen) atoms. The Balaban J connectivity index is 1.94. The number of carbonyl (C=O) groups excluding carboxylic acids is 1. The van der Waals surface area contributed by atoms with Crippen molar-refractivity contribution in [1.82, 2.24) is 15.3 Å². The zero-order valence-electron chi connectivity index (χ0n) is 15.7. The van der Waals surface area contributed by atoms with Gasteiger partial charge >= 0.3 is 6.18 Å². The Kier molecular flexibility index (Phi) is 6.46. The van der Waals surface area contributed by atoms with Crippen LogP contribution in [0.5, 0.6) is 0 Å². The van der Waals surface area contributed by atoms with Crippen LogP contribution in [-0.2, 0) is 6.18 Å². The number of hydrogen-bond donors (Lipinski definition) is 2. The summed E-state index contributed by atoms with van der Waals surface area (Å²) in [4.78, 5) is 19.9. The largest absolute Gasteiger partial charge is 0.433 e. The van der Waals surface area contributed by atoms with Crippen molar-refractivity contribution >= 4 is 29.1 Å². The van der Waals surface area contributed by atoms with Crippen LogP contribution < -0.4 is 5.32 Å². The van der Waals surface area contributed by atoms with Crippen LogP contribution in [-0.4, -0.2) is 32.5 Å². The van der Waals surface area contributed by atoms with E-state index in [2.05, 4.69) is 15.3 Å². The van der Waals surface area contributed by atoms with Crippen LogP contribution in [0.4, 0.5) is 22.0 Å². The van der Waals surface area contributed by atoms with Gasteiger partial charge in [-0.15, -0.1) is 0 Å². The molecule has 1 atom stereocenters. The van der Waals surface area contributed by atoms with Gasteiger partial charge < -0.3 is 10.4 Å². The van der Waals surface area contributed by atoms with E-state index in [0.717, 1.165) is 6.07 Å². The predicted molar refractivity (Wildman–Crippen MR) is 102 cm³/mol. The summed E-state index contributed by atoms with van der Waals surface area (Å²) in [6.45, 7) is 0. The van der Waals surface area contributed by atoms with Crippen LogP contribution in [0.3, 0.4) is 0 Å². The van der Waals surface area contributed by atoms with Crippen molar-refractivity contribution in [3.05, 3.63) is 57.6 Å². The summed E-state index contributed by atoms with van der Waals surface area (Å²) in [6, 6.07) is 3.10. The molecule has 0 aromatic carbocycles. The smallest absolute Gasteiger partial charge is 0.387 e. The number of nitrogens with one attached hydrogen (secondary N) is 1. The topological polar surface area (TPSA) is 75.1 Å². The predicted octanol–water partition coefficient (Wildman–Crippen LogP) is 5.21. The van der Waals surface area contributed by atoms with Crippen LogP contribution in [0.15, 0.2) is 30.5 Å². The van der Waals surface area contributed by atoms with Gasteiger partial charge in [-0.05, 0) is 31.0 Å². The Morgan fingerprint density at radius 3 is 2.29 bits per heavy atom. The van der Waals surface area contributed by atoms with Gasteiger partial charge in [-0.1, -0.05) is 29.3 Å². The van der Waals surface area contributed by atoms with Crippen molar-refractivity contribution in [2.24, 2.45) is 0 Å². The van der Waals surface area contributed by atoms with Gasteiger partial charge in [0.25, 0.3) is 5.91 Å². The molecule has 2 heterocycles. The van der Waals surface area contributed by atoms with Crippen molar-refractivity contribution in [3.8, 4) is 0 Å². The Morgan fingerprint density at radius 1 is 1.10 bits per heavy atom. The molecule has 2 aromatic heterocycles. The van der Waals surface area contributed by atoms with Gasteiger partial charge in [0.1, 0.15) is 16.0 Å². The minimum absolute atomic E-state index is 0.0739. The summed E-state index contributed by atoms with van der Waals surface area (Å²) in [5.41, 5.74) is -3.30. The number of pyridine rings is 2. The number of amides is 1. The molecule has 12 heteroatoms. The first kappa shape index (κ1) is 23.6. The van der Waals surface area contributed by atoms with Gasteiger partial charge in [0.05, 0.1) is 17.2 Å². The quantitative estimate of drug-likeness (QED) is 0.462. The minimum atomic E-state index is -4.76. The third kappa shape index (κ3) is 5.24. The fraction of sp³-hybridized carbons (Fsp3) is 0.421. The number of aromatic nitrogens is 2. The molecule has 1 amide bonds. The number of rotatable bonds is 4. The number of aliphatic hydroxyl groups is 1. The highest BCUT2D eigenvalue weighted by Gasteiger charge is 2.48. The molecule has 0 aliphatic heterocycles. The highest BCUT2D eigenvalue weighted by atomic mass is 35.5. The maximum absolute atomic E-state index is 13.7. The average Bonchev–Trinajstić information content (AvgIpc) is 2.68. The summed E-state index contributed by atoms with van der Waals surface area (Å²) in [5.74, 6) is -3.91. The molecule has 1 fully saturated rings. The standard InChI is InChI=1S/C19H16Cl2F5N3O2/c20-14-10(2-1-9-27-14)13(17(31)5-7-18(22,23)8-6-17)29-16(30)11-3-4-12(19(24,25)26)28-15(11)21/h1-4,9,13,31H,5-8H2,(H,29,30). The Bertz CT molecular complexity index is 977. The summed E-state index contributed by atoms with van der Waals surface area (Å²) in [5, 5.41) is 12.8. The minimum Gasteiger partial charge on any atom is -0.387 e. The molecule has 0 saturated heterocycles. The molecule has 0 bridgehead atoms. The number of carbonyl (C=O) groups is 1. The molecule has 2 N–H and O–H groups in total. The number of halogens is 7. The van der Waals surface area contributed by atoms with E-state index in [0.29, 0.717) is 6.07 Å².